The number of nitrogens with zero attached hydrogens (tertiary/aromatic N) is 2. The molecule has 0 fully saturated rings. The molecule has 0 atom stereocenters. The molecule has 2 N–H and O–H groups in total. The minimum absolute atomic E-state index is 0.556. The zero-order valence-electron chi connectivity index (χ0n) is 10.2. The third-order valence-corrected chi connectivity index (χ3v) is 2.83. The first kappa shape index (κ1) is 12.1. The van der Waals surface area contributed by atoms with Crippen molar-refractivity contribution in [2.45, 2.75) is 26.4 Å². The van der Waals surface area contributed by atoms with Gasteiger partial charge in [0.15, 0.2) is 0 Å². The predicted molar refractivity (Wildman–Crippen MR) is 68.7 cm³/mol. The van der Waals surface area contributed by atoms with Crippen molar-refractivity contribution in [2.24, 2.45) is 5.73 Å². The summed E-state index contributed by atoms with van der Waals surface area (Å²) in [6.07, 6.45) is 4.92. The Morgan fingerprint density at radius 3 is 3.12 bits per heavy atom. The summed E-state index contributed by atoms with van der Waals surface area (Å²) >= 11 is 0. The number of pyridine rings is 1. The molecule has 17 heavy (non-hydrogen) atoms. The third kappa shape index (κ3) is 2.65. The van der Waals surface area contributed by atoms with Gasteiger partial charge in [-0.15, -0.1) is 0 Å². The fourth-order valence-corrected chi connectivity index (χ4v) is 2.01. The number of rotatable bonds is 6. The predicted octanol–water partition coefficient (Wildman–Crippen LogP) is 1.92. The Bertz CT molecular complexity index is 478. The SMILES string of the molecule is CCOCCCn1cc(CN)c2cccnc21. The van der Waals surface area contributed by atoms with Gasteiger partial charge in [0.2, 0.25) is 0 Å². The zero-order chi connectivity index (χ0) is 12.1. The van der Waals surface area contributed by atoms with Gasteiger partial charge in [0.25, 0.3) is 0 Å². The van der Waals surface area contributed by atoms with Crippen LogP contribution in [0.1, 0.15) is 18.9 Å². The van der Waals surface area contributed by atoms with E-state index in [1.807, 2.05) is 19.2 Å². The summed E-state index contributed by atoms with van der Waals surface area (Å²) in [5, 5.41) is 1.16. The molecule has 92 valence electrons. The van der Waals surface area contributed by atoms with Crippen LogP contribution < -0.4 is 5.73 Å². The van der Waals surface area contributed by atoms with Crippen LogP contribution in [0, 0.1) is 0 Å². The van der Waals surface area contributed by atoms with Crippen molar-refractivity contribution in [1.82, 2.24) is 9.55 Å². The van der Waals surface area contributed by atoms with Gasteiger partial charge >= 0.3 is 0 Å². The summed E-state index contributed by atoms with van der Waals surface area (Å²) in [5.74, 6) is 0. The maximum atomic E-state index is 5.74. The van der Waals surface area contributed by atoms with Crippen LogP contribution in [-0.4, -0.2) is 22.8 Å². The van der Waals surface area contributed by atoms with Crippen molar-refractivity contribution in [3.05, 3.63) is 30.1 Å². The normalized spacial score (nSPS) is 11.2. The Hall–Kier alpha value is -1.39. The molecule has 2 rings (SSSR count). The molecule has 0 radical (unpaired) electrons. The lowest BCUT2D eigenvalue weighted by Gasteiger charge is -2.04. The molecule has 2 heterocycles. The summed E-state index contributed by atoms with van der Waals surface area (Å²) < 4.78 is 7.51. The van der Waals surface area contributed by atoms with E-state index in [-0.39, 0.29) is 0 Å². The highest BCUT2D eigenvalue weighted by molar-refractivity contribution is 5.80. The smallest absolute Gasteiger partial charge is 0.140 e. The largest absolute Gasteiger partial charge is 0.382 e. The number of ether oxygens (including phenoxy) is 1. The van der Waals surface area contributed by atoms with E-state index in [0.29, 0.717) is 6.54 Å². The molecule has 0 spiro atoms. The molecule has 0 bridgehead atoms. The number of fused-ring (bicyclic) bond motifs is 1. The summed E-state index contributed by atoms with van der Waals surface area (Å²) in [5.41, 5.74) is 7.91. The van der Waals surface area contributed by atoms with Gasteiger partial charge in [0, 0.05) is 44.1 Å². The molecule has 2 aromatic heterocycles. The molecular formula is C13H19N3O. The first-order valence-corrected chi connectivity index (χ1v) is 6.07. The van der Waals surface area contributed by atoms with Crippen molar-refractivity contribution in [1.29, 1.82) is 0 Å². The number of nitrogens with two attached hydrogens (primary N) is 1. The molecule has 2 aromatic rings. The Morgan fingerprint density at radius 1 is 1.47 bits per heavy atom. The minimum Gasteiger partial charge on any atom is -0.382 e. The number of aryl methyl sites for hydroxylation is 1. The maximum absolute atomic E-state index is 5.74. The monoisotopic (exact) mass is 233 g/mol. The molecule has 4 heteroatoms. The number of hydrogen-bond acceptors (Lipinski definition) is 3. The summed E-state index contributed by atoms with van der Waals surface area (Å²) in [4.78, 5) is 4.42. The van der Waals surface area contributed by atoms with Gasteiger partial charge in [-0.3, -0.25) is 0 Å². The topological polar surface area (TPSA) is 53.1 Å². The van der Waals surface area contributed by atoms with E-state index >= 15 is 0 Å². The van der Waals surface area contributed by atoms with Gasteiger partial charge in [-0.2, -0.15) is 0 Å². The Kier molecular flexibility index (Phi) is 4.12. The van der Waals surface area contributed by atoms with Crippen molar-refractivity contribution >= 4 is 11.0 Å². The third-order valence-electron chi connectivity index (χ3n) is 2.83. The van der Waals surface area contributed by atoms with E-state index in [0.717, 1.165) is 42.8 Å². The average Bonchev–Trinajstić information content (AvgIpc) is 2.73. The van der Waals surface area contributed by atoms with Crippen LogP contribution in [0.15, 0.2) is 24.5 Å². The molecular weight excluding hydrogens is 214 g/mol. The van der Waals surface area contributed by atoms with E-state index in [2.05, 4.69) is 21.8 Å². The van der Waals surface area contributed by atoms with Crippen LogP contribution in [-0.2, 0) is 17.8 Å². The van der Waals surface area contributed by atoms with Crippen molar-refractivity contribution < 1.29 is 4.74 Å². The summed E-state index contributed by atoms with van der Waals surface area (Å²) in [6, 6.07) is 4.02. The van der Waals surface area contributed by atoms with E-state index in [4.69, 9.17) is 10.5 Å². The molecule has 0 amide bonds. The molecule has 0 aliphatic rings. The van der Waals surface area contributed by atoms with Gasteiger partial charge in [0.05, 0.1) is 0 Å². The van der Waals surface area contributed by atoms with Crippen molar-refractivity contribution in [3.63, 3.8) is 0 Å². The second kappa shape index (κ2) is 5.80. The van der Waals surface area contributed by atoms with E-state index < -0.39 is 0 Å². The number of aromatic nitrogens is 2. The molecule has 4 nitrogen and oxygen atoms in total. The highest BCUT2D eigenvalue weighted by Gasteiger charge is 2.07. The van der Waals surface area contributed by atoms with Crippen LogP contribution in [0.4, 0.5) is 0 Å². The Morgan fingerprint density at radius 2 is 2.35 bits per heavy atom. The van der Waals surface area contributed by atoms with Crippen LogP contribution in [0.25, 0.3) is 11.0 Å². The van der Waals surface area contributed by atoms with Gasteiger partial charge < -0.3 is 15.0 Å². The van der Waals surface area contributed by atoms with Gasteiger partial charge in [-0.1, -0.05) is 0 Å². The zero-order valence-corrected chi connectivity index (χ0v) is 10.2. The molecule has 0 unspecified atom stereocenters. The highest BCUT2D eigenvalue weighted by Crippen LogP contribution is 2.18. The fourth-order valence-electron chi connectivity index (χ4n) is 2.01. The maximum Gasteiger partial charge on any atom is 0.140 e. The van der Waals surface area contributed by atoms with Crippen LogP contribution >= 0.6 is 0 Å². The molecule has 0 aliphatic carbocycles. The molecule has 0 aliphatic heterocycles. The quantitative estimate of drug-likeness (QED) is 0.775. The molecule has 0 saturated carbocycles. The molecule has 0 aromatic carbocycles. The number of hydrogen-bond donors (Lipinski definition) is 1. The lowest BCUT2D eigenvalue weighted by molar-refractivity contribution is 0.142. The minimum atomic E-state index is 0.556. The van der Waals surface area contributed by atoms with E-state index in [1.165, 1.54) is 0 Å². The summed E-state index contributed by atoms with van der Waals surface area (Å²) in [7, 11) is 0. The second-order valence-electron chi connectivity index (χ2n) is 3.98. The standard InChI is InChI=1S/C13H19N3O/c1-2-17-8-4-7-16-10-11(9-14)12-5-3-6-15-13(12)16/h3,5-6,10H,2,4,7-9,14H2,1H3. The second-order valence-corrected chi connectivity index (χ2v) is 3.98. The first-order valence-electron chi connectivity index (χ1n) is 6.07. The van der Waals surface area contributed by atoms with Crippen molar-refractivity contribution in [2.75, 3.05) is 13.2 Å². The highest BCUT2D eigenvalue weighted by atomic mass is 16.5. The van der Waals surface area contributed by atoms with E-state index in [9.17, 15) is 0 Å². The average molecular weight is 233 g/mol. The Labute approximate surface area is 101 Å². The van der Waals surface area contributed by atoms with Crippen LogP contribution in [0.2, 0.25) is 0 Å². The van der Waals surface area contributed by atoms with Gasteiger partial charge in [-0.25, -0.2) is 4.98 Å². The van der Waals surface area contributed by atoms with Crippen molar-refractivity contribution in [3.8, 4) is 0 Å². The van der Waals surface area contributed by atoms with Crippen LogP contribution in [0.3, 0.4) is 0 Å². The lowest BCUT2D eigenvalue weighted by atomic mass is 10.2. The molecule has 0 saturated heterocycles. The first-order chi connectivity index (χ1) is 8.36. The van der Waals surface area contributed by atoms with Gasteiger partial charge in [0.1, 0.15) is 5.65 Å². The lowest BCUT2D eigenvalue weighted by Crippen LogP contribution is -2.02. The Balaban J connectivity index is 2.16. The van der Waals surface area contributed by atoms with Gasteiger partial charge in [-0.05, 0) is 31.0 Å². The summed E-state index contributed by atoms with van der Waals surface area (Å²) in [6.45, 7) is 5.06. The van der Waals surface area contributed by atoms with E-state index in [1.54, 1.807) is 0 Å². The fraction of sp³-hybridized carbons (Fsp3) is 0.462. The van der Waals surface area contributed by atoms with Crippen LogP contribution in [0.5, 0.6) is 0 Å².